The first-order chi connectivity index (χ1) is 12.2. The second-order valence-corrected chi connectivity index (χ2v) is 6.17. The zero-order chi connectivity index (χ0) is 19.1. The van der Waals surface area contributed by atoms with Crippen LogP contribution in [0.2, 0.25) is 0 Å². The number of fused-ring (bicyclic) bond motifs is 1. The van der Waals surface area contributed by atoms with Crippen molar-refractivity contribution in [3.8, 4) is 11.3 Å². The number of halogens is 3. The van der Waals surface area contributed by atoms with Crippen LogP contribution in [0.3, 0.4) is 0 Å². The molecule has 0 aliphatic heterocycles. The molecule has 2 heterocycles. The van der Waals surface area contributed by atoms with Gasteiger partial charge in [-0.1, -0.05) is 38.1 Å². The number of hydrogen-bond acceptors (Lipinski definition) is 3. The highest BCUT2D eigenvalue weighted by atomic mass is 19.4. The van der Waals surface area contributed by atoms with Gasteiger partial charge in [-0.05, 0) is 17.5 Å². The predicted octanol–water partition coefficient (Wildman–Crippen LogP) is 3.90. The maximum Gasteiger partial charge on any atom is 0.433 e. The fraction of sp³-hybridized carbons (Fsp3) is 0.278. The number of benzene rings is 1. The van der Waals surface area contributed by atoms with Gasteiger partial charge in [0.15, 0.2) is 11.3 Å². The standard InChI is InChI=1S/C18H17F3N4O/c1-10(2)11-4-6-12(7-5-11)14-8-15(18(19,20)21)25-16(24-14)13(9-23-25)17(26)22-3/h4-10H,1-3H3,(H,22,26). The second-order valence-electron chi connectivity index (χ2n) is 6.17. The van der Waals surface area contributed by atoms with Crippen molar-refractivity contribution < 1.29 is 18.0 Å². The number of carbonyl (C=O) groups is 1. The molecule has 0 aliphatic carbocycles. The molecular weight excluding hydrogens is 345 g/mol. The Morgan fingerprint density at radius 3 is 2.38 bits per heavy atom. The molecule has 136 valence electrons. The minimum atomic E-state index is -4.64. The molecule has 3 rings (SSSR count). The van der Waals surface area contributed by atoms with E-state index in [9.17, 15) is 18.0 Å². The van der Waals surface area contributed by atoms with Gasteiger partial charge in [0.1, 0.15) is 5.56 Å². The monoisotopic (exact) mass is 362 g/mol. The molecule has 0 fully saturated rings. The molecule has 1 amide bonds. The molecule has 0 atom stereocenters. The first-order valence-corrected chi connectivity index (χ1v) is 8.00. The Morgan fingerprint density at radius 1 is 1.19 bits per heavy atom. The SMILES string of the molecule is CNC(=O)c1cnn2c(C(F)(F)F)cc(-c3ccc(C(C)C)cc3)nc12. The topological polar surface area (TPSA) is 59.3 Å². The molecule has 2 aromatic heterocycles. The maximum atomic E-state index is 13.5. The van der Waals surface area contributed by atoms with Crippen molar-refractivity contribution in [1.82, 2.24) is 19.9 Å². The summed E-state index contributed by atoms with van der Waals surface area (Å²) in [7, 11) is 1.39. The lowest BCUT2D eigenvalue weighted by atomic mass is 10.0. The van der Waals surface area contributed by atoms with Gasteiger partial charge >= 0.3 is 6.18 Å². The van der Waals surface area contributed by atoms with Gasteiger partial charge in [-0.3, -0.25) is 4.79 Å². The fourth-order valence-corrected chi connectivity index (χ4v) is 2.65. The molecule has 0 spiro atoms. The average Bonchev–Trinajstić information content (AvgIpc) is 3.03. The van der Waals surface area contributed by atoms with E-state index in [0.717, 1.165) is 17.8 Å². The van der Waals surface area contributed by atoms with E-state index in [1.165, 1.54) is 7.05 Å². The van der Waals surface area contributed by atoms with Gasteiger partial charge in [-0.15, -0.1) is 0 Å². The zero-order valence-electron chi connectivity index (χ0n) is 14.4. The average molecular weight is 362 g/mol. The predicted molar refractivity (Wildman–Crippen MR) is 90.9 cm³/mol. The third-order valence-corrected chi connectivity index (χ3v) is 4.11. The van der Waals surface area contributed by atoms with Gasteiger partial charge in [0.05, 0.1) is 11.9 Å². The summed E-state index contributed by atoms with van der Waals surface area (Å²) in [5.74, 6) is -0.243. The number of nitrogens with one attached hydrogen (secondary N) is 1. The van der Waals surface area contributed by atoms with Crippen molar-refractivity contribution >= 4 is 11.6 Å². The Balaban J connectivity index is 2.24. The Labute approximate surface area is 147 Å². The Bertz CT molecular complexity index is 959. The molecule has 0 bridgehead atoms. The minimum Gasteiger partial charge on any atom is -0.355 e. The van der Waals surface area contributed by atoms with E-state index >= 15 is 0 Å². The summed E-state index contributed by atoms with van der Waals surface area (Å²) in [4.78, 5) is 16.2. The second kappa shape index (κ2) is 6.44. The largest absolute Gasteiger partial charge is 0.433 e. The summed E-state index contributed by atoms with van der Waals surface area (Å²) in [5.41, 5.74) is 0.597. The number of carbonyl (C=O) groups excluding carboxylic acids is 1. The Morgan fingerprint density at radius 2 is 1.85 bits per heavy atom. The molecule has 0 radical (unpaired) electrons. The van der Waals surface area contributed by atoms with Crippen LogP contribution in [0.15, 0.2) is 36.5 Å². The number of alkyl halides is 3. The number of amides is 1. The van der Waals surface area contributed by atoms with E-state index in [2.05, 4.69) is 15.4 Å². The fourth-order valence-electron chi connectivity index (χ4n) is 2.65. The van der Waals surface area contributed by atoms with E-state index in [0.29, 0.717) is 16.0 Å². The van der Waals surface area contributed by atoms with Crippen molar-refractivity contribution in [3.05, 3.63) is 53.3 Å². The summed E-state index contributed by atoms with van der Waals surface area (Å²) < 4.78 is 41.1. The van der Waals surface area contributed by atoms with Crippen molar-refractivity contribution in [1.29, 1.82) is 0 Å². The highest BCUT2D eigenvalue weighted by molar-refractivity contribution is 5.99. The summed E-state index contributed by atoms with van der Waals surface area (Å²) in [6, 6.07) is 8.11. The minimum absolute atomic E-state index is 0.0151. The first kappa shape index (κ1) is 17.9. The van der Waals surface area contributed by atoms with Crippen LogP contribution in [0, 0.1) is 0 Å². The van der Waals surface area contributed by atoms with Gasteiger partial charge in [0.25, 0.3) is 5.91 Å². The summed E-state index contributed by atoms with van der Waals surface area (Å²) in [6.45, 7) is 4.06. The van der Waals surface area contributed by atoms with E-state index in [4.69, 9.17) is 0 Å². The summed E-state index contributed by atoms with van der Waals surface area (Å²) in [5, 5.41) is 6.08. The molecule has 8 heteroatoms. The molecular formula is C18H17F3N4O. The van der Waals surface area contributed by atoms with Crippen LogP contribution in [0.5, 0.6) is 0 Å². The van der Waals surface area contributed by atoms with Gasteiger partial charge in [-0.25, -0.2) is 9.50 Å². The normalized spacial score (nSPS) is 12.0. The lowest BCUT2D eigenvalue weighted by Crippen LogP contribution is -2.19. The third kappa shape index (κ3) is 3.14. The van der Waals surface area contributed by atoms with Crippen LogP contribution in [0.1, 0.15) is 41.4 Å². The smallest absolute Gasteiger partial charge is 0.355 e. The van der Waals surface area contributed by atoms with Crippen molar-refractivity contribution in [2.45, 2.75) is 25.9 Å². The molecule has 0 unspecified atom stereocenters. The van der Waals surface area contributed by atoms with Crippen LogP contribution < -0.4 is 5.32 Å². The van der Waals surface area contributed by atoms with E-state index < -0.39 is 17.8 Å². The number of aromatic nitrogens is 3. The van der Waals surface area contributed by atoms with Crippen molar-refractivity contribution in [2.24, 2.45) is 0 Å². The number of nitrogens with zero attached hydrogens (tertiary/aromatic N) is 3. The number of hydrogen-bond donors (Lipinski definition) is 1. The molecule has 0 saturated carbocycles. The highest BCUT2D eigenvalue weighted by Crippen LogP contribution is 2.33. The van der Waals surface area contributed by atoms with Crippen LogP contribution in [-0.4, -0.2) is 27.6 Å². The van der Waals surface area contributed by atoms with Crippen LogP contribution in [-0.2, 0) is 6.18 Å². The van der Waals surface area contributed by atoms with Gasteiger partial charge in [0, 0.05) is 12.6 Å². The molecule has 3 aromatic rings. The lowest BCUT2D eigenvalue weighted by molar-refractivity contribution is -0.142. The summed E-state index contributed by atoms with van der Waals surface area (Å²) >= 11 is 0. The molecule has 26 heavy (non-hydrogen) atoms. The van der Waals surface area contributed by atoms with Gasteiger partial charge < -0.3 is 5.32 Å². The van der Waals surface area contributed by atoms with Gasteiger partial charge in [-0.2, -0.15) is 18.3 Å². The molecule has 0 aliphatic rings. The van der Waals surface area contributed by atoms with E-state index in [1.54, 1.807) is 12.1 Å². The maximum absolute atomic E-state index is 13.5. The number of rotatable bonds is 3. The quantitative estimate of drug-likeness (QED) is 0.769. The lowest BCUT2D eigenvalue weighted by Gasteiger charge is -2.12. The third-order valence-electron chi connectivity index (χ3n) is 4.11. The Hall–Kier alpha value is -2.90. The molecule has 5 nitrogen and oxygen atoms in total. The van der Waals surface area contributed by atoms with Crippen LogP contribution >= 0.6 is 0 Å². The van der Waals surface area contributed by atoms with Gasteiger partial charge in [0.2, 0.25) is 0 Å². The Kier molecular flexibility index (Phi) is 4.43. The summed E-state index contributed by atoms with van der Waals surface area (Å²) in [6.07, 6.45) is -3.55. The van der Waals surface area contributed by atoms with E-state index in [1.807, 2.05) is 26.0 Å². The molecule has 1 aromatic carbocycles. The molecule has 1 N–H and O–H groups in total. The van der Waals surface area contributed by atoms with E-state index in [-0.39, 0.29) is 16.9 Å². The zero-order valence-corrected chi connectivity index (χ0v) is 14.4. The highest BCUT2D eigenvalue weighted by Gasteiger charge is 2.36. The van der Waals surface area contributed by atoms with Crippen LogP contribution in [0.25, 0.3) is 16.9 Å². The first-order valence-electron chi connectivity index (χ1n) is 8.00. The van der Waals surface area contributed by atoms with Crippen LogP contribution in [0.4, 0.5) is 13.2 Å². The van der Waals surface area contributed by atoms with Crippen molar-refractivity contribution in [3.63, 3.8) is 0 Å². The van der Waals surface area contributed by atoms with Crippen molar-refractivity contribution in [2.75, 3.05) is 7.05 Å². The molecule has 0 saturated heterocycles.